The summed E-state index contributed by atoms with van der Waals surface area (Å²) >= 11 is 0. The Morgan fingerprint density at radius 2 is 1.06 bits per heavy atom. The zero-order valence-corrected chi connectivity index (χ0v) is 24.0. The molecule has 0 amide bonds. The average molecular weight is 483 g/mol. The van der Waals surface area contributed by atoms with E-state index in [4.69, 9.17) is 9.47 Å². The van der Waals surface area contributed by atoms with Gasteiger partial charge in [0.2, 0.25) is 0 Å². The second-order valence-corrected chi connectivity index (χ2v) is 11.8. The molecule has 34 heavy (non-hydrogen) atoms. The van der Waals surface area contributed by atoms with Crippen molar-refractivity contribution < 1.29 is 19.1 Å². The minimum atomic E-state index is -0.0423. The fourth-order valence-electron chi connectivity index (χ4n) is 4.74. The highest BCUT2D eigenvalue weighted by Crippen LogP contribution is 2.33. The molecule has 2 atom stereocenters. The lowest BCUT2D eigenvalue weighted by Gasteiger charge is -2.31. The van der Waals surface area contributed by atoms with Gasteiger partial charge in [-0.3, -0.25) is 9.59 Å². The zero-order chi connectivity index (χ0) is 25.9. The summed E-state index contributed by atoms with van der Waals surface area (Å²) < 4.78 is 11.0. The molecule has 4 heteroatoms. The maximum atomic E-state index is 12.9. The third-order valence-corrected chi connectivity index (χ3v) is 6.84. The van der Waals surface area contributed by atoms with E-state index in [1.807, 2.05) is 0 Å². The number of hydrogen-bond donors (Lipinski definition) is 0. The Balaban J connectivity index is 4.14. The van der Waals surface area contributed by atoms with E-state index in [1.165, 1.54) is 19.3 Å². The number of ether oxygens (including phenoxy) is 2. The Labute approximate surface area is 212 Å². The Morgan fingerprint density at radius 1 is 0.559 bits per heavy atom. The van der Waals surface area contributed by atoms with Crippen molar-refractivity contribution in [2.45, 2.75) is 132 Å². The normalized spacial score (nSPS) is 13.6. The van der Waals surface area contributed by atoms with Crippen LogP contribution in [0.15, 0.2) is 0 Å². The fraction of sp³-hybridized carbons (Fsp3) is 0.933. The second kappa shape index (κ2) is 20.2. The summed E-state index contributed by atoms with van der Waals surface area (Å²) in [4.78, 5) is 24.7. The molecule has 0 spiro atoms. The van der Waals surface area contributed by atoms with E-state index in [2.05, 4.69) is 55.4 Å². The first-order chi connectivity index (χ1) is 16.1. The van der Waals surface area contributed by atoms with E-state index in [0.29, 0.717) is 49.2 Å². The minimum absolute atomic E-state index is 0.00791. The van der Waals surface area contributed by atoms with Gasteiger partial charge in [0.1, 0.15) is 0 Å². The molecule has 0 heterocycles. The maximum Gasteiger partial charge on any atom is 0.309 e. The van der Waals surface area contributed by atoms with Gasteiger partial charge >= 0.3 is 11.9 Å². The highest BCUT2D eigenvalue weighted by molar-refractivity contribution is 5.73. The van der Waals surface area contributed by atoms with Crippen LogP contribution in [-0.4, -0.2) is 25.2 Å². The molecule has 0 aromatic carbocycles. The predicted molar refractivity (Wildman–Crippen MR) is 144 cm³/mol. The van der Waals surface area contributed by atoms with Gasteiger partial charge in [-0.05, 0) is 68.1 Å². The summed E-state index contributed by atoms with van der Waals surface area (Å²) in [6.45, 7) is 18.7. The number of carbonyl (C=O) groups is 2. The first-order valence-corrected chi connectivity index (χ1v) is 14.4. The molecule has 0 aromatic rings. The first kappa shape index (κ1) is 32.9. The van der Waals surface area contributed by atoms with Gasteiger partial charge in [-0.2, -0.15) is 0 Å². The van der Waals surface area contributed by atoms with Crippen molar-refractivity contribution in [2.24, 2.45) is 35.5 Å². The minimum Gasteiger partial charge on any atom is -0.466 e. The number of esters is 2. The lowest BCUT2D eigenvalue weighted by atomic mass is 9.74. The van der Waals surface area contributed by atoms with Crippen LogP contribution >= 0.6 is 0 Å². The van der Waals surface area contributed by atoms with Crippen molar-refractivity contribution in [3.63, 3.8) is 0 Å². The molecule has 0 saturated carbocycles. The molecule has 2 unspecified atom stereocenters. The summed E-state index contributed by atoms with van der Waals surface area (Å²) in [7, 11) is 0. The van der Waals surface area contributed by atoms with E-state index in [9.17, 15) is 9.59 Å². The average Bonchev–Trinajstić information content (AvgIpc) is 2.74. The Morgan fingerprint density at radius 3 is 1.56 bits per heavy atom. The molecule has 4 nitrogen and oxygen atoms in total. The Bertz CT molecular complexity index is 510. The van der Waals surface area contributed by atoms with E-state index in [1.54, 1.807) is 0 Å². The summed E-state index contributed by atoms with van der Waals surface area (Å²) in [6, 6.07) is 0. The third-order valence-electron chi connectivity index (χ3n) is 6.84. The zero-order valence-electron chi connectivity index (χ0n) is 24.0. The highest BCUT2D eigenvalue weighted by Gasteiger charge is 2.33. The summed E-state index contributed by atoms with van der Waals surface area (Å²) in [5.74, 6) is 2.43. The number of rotatable bonds is 21. The van der Waals surface area contributed by atoms with Crippen LogP contribution in [0.1, 0.15) is 132 Å². The van der Waals surface area contributed by atoms with Crippen LogP contribution in [0.25, 0.3) is 0 Å². The second-order valence-electron chi connectivity index (χ2n) is 11.8. The molecular weight excluding hydrogens is 424 g/mol. The van der Waals surface area contributed by atoms with Gasteiger partial charge < -0.3 is 9.47 Å². The standard InChI is InChI=1S/C30H58O4/c1-23(2)17-15-21-33-28(31)20-14-12-10-9-11-13-19-27(25(5)6)29(26(7)8)30(32)34-22-16-18-24(3)4/h23-27,29H,9-22H2,1-8H3. The Hall–Kier alpha value is -1.06. The SMILES string of the molecule is CC(C)CCCOC(=O)CCCCCCCCC(C(C)C)C(C(=O)OCCCC(C)C)C(C)C. The van der Waals surface area contributed by atoms with Gasteiger partial charge in [-0.25, -0.2) is 0 Å². The third kappa shape index (κ3) is 17.4. The van der Waals surface area contributed by atoms with Crippen molar-refractivity contribution in [3.8, 4) is 0 Å². The Kier molecular flexibility index (Phi) is 19.5. The van der Waals surface area contributed by atoms with Gasteiger partial charge in [0.25, 0.3) is 0 Å². The topological polar surface area (TPSA) is 52.6 Å². The molecule has 0 aliphatic heterocycles. The van der Waals surface area contributed by atoms with Crippen molar-refractivity contribution in [1.29, 1.82) is 0 Å². The molecular formula is C30H58O4. The molecule has 0 radical (unpaired) electrons. The quantitative estimate of drug-likeness (QED) is 0.121. The van der Waals surface area contributed by atoms with Crippen LogP contribution in [0.4, 0.5) is 0 Å². The van der Waals surface area contributed by atoms with Gasteiger partial charge in [0.05, 0.1) is 19.1 Å². The van der Waals surface area contributed by atoms with E-state index < -0.39 is 0 Å². The molecule has 0 saturated heterocycles. The summed E-state index contributed by atoms with van der Waals surface area (Å²) in [5, 5.41) is 0. The van der Waals surface area contributed by atoms with Gasteiger partial charge in [-0.15, -0.1) is 0 Å². The van der Waals surface area contributed by atoms with E-state index in [-0.39, 0.29) is 17.9 Å². The summed E-state index contributed by atoms with van der Waals surface area (Å²) in [5.41, 5.74) is 0. The molecule has 0 bridgehead atoms. The van der Waals surface area contributed by atoms with Crippen molar-refractivity contribution in [1.82, 2.24) is 0 Å². The first-order valence-electron chi connectivity index (χ1n) is 14.4. The fourth-order valence-corrected chi connectivity index (χ4v) is 4.74. The molecule has 0 fully saturated rings. The van der Waals surface area contributed by atoms with Crippen molar-refractivity contribution in [2.75, 3.05) is 13.2 Å². The van der Waals surface area contributed by atoms with E-state index >= 15 is 0 Å². The van der Waals surface area contributed by atoms with Crippen molar-refractivity contribution in [3.05, 3.63) is 0 Å². The maximum absolute atomic E-state index is 12.9. The molecule has 0 aliphatic carbocycles. The predicted octanol–water partition coefficient (Wildman–Crippen LogP) is 8.61. The number of unbranched alkanes of at least 4 members (excludes halogenated alkanes) is 5. The molecule has 202 valence electrons. The number of carbonyl (C=O) groups excluding carboxylic acids is 2. The van der Waals surface area contributed by atoms with Gasteiger partial charge in [0.15, 0.2) is 0 Å². The molecule has 0 aromatic heterocycles. The lowest BCUT2D eigenvalue weighted by Crippen LogP contribution is -2.33. The van der Waals surface area contributed by atoms with Crippen LogP contribution in [0.5, 0.6) is 0 Å². The smallest absolute Gasteiger partial charge is 0.309 e. The molecule has 0 N–H and O–H groups in total. The highest BCUT2D eigenvalue weighted by atomic mass is 16.5. The van der Waals surface area contributed by atoms with Crippen LogP contribution in [0, 0.1) is 35.5 Å². The number of hydrogen-bond acceptors (Lipinski definition) is 4. The van der Waals surface area contributed by atoms with Gasteiger partial charge in [-0.1, -0.05) is 87.5 Å². The van der Waals surface area contributed by atoms with E-state index in [0.717, 1.165) is 51.4 Å². The lowest BCUT2D eigenvalue weighted by molar-refractivity contribution is -0.153. The molecule has 0 rings (SSSR count). The van der Waals surface area contributed by atoms with Crippen LogP contribution in [0.2, 0.25) is 0 Å². The van der Waals surface area contributed by atoms with Crippen molar-refractivity contribution >= 4 is 11.9 Å². The monoisotopic (exact) mass is 482 g/mol. The largest absolute Gasteiger partial charge is 0.466 e. The summed E-state index contributed by atoms with van der Waals surface area (Å²) in [6.07, 6.45) is 12.5. The molecule has 0 aliphatic rings. The van der Waals surface area contributed by atoms with Crippen LogP contribution in [0.3, 0.4) is 0 Å². The van der Waals surface area contributed by atoms with Gasteiger partial charge in [0, 0.05) is 6.42 Å². The van der Waals surface area contributed by atoms with Crippen LogP contribution < -0.4 is 0 Å². The van der Waals surface area contributed by atoms with Crippen LogP contribution in [-0.2, 0) is 19.1 Å².